The monoisotopic (exact) mass is 449 g/mol. The summed E-state index contributed by atoms with van der Waals surface area (Å²) in [6, 6.07) is 6.91. The summed E-state index contributed by atoms with van der Waals surface area (Å²) in [4.78, 5) is 34.3. The number of carbonyl (C=O) groups excluding carboxylic acids is 1. The molecule has 0 aliphatic rings. The van der Waals surface area contributed by atoms with Crippen molar-refractivity contribution in [1.82, 2.24) is 15.0 Å². The molecule has 0 aliphatic carbocycles. The van der Waals surface area contributed by atoms with Crippen LogP contribution in [0.3, 0.4) is 0 Å². The number of fused-ring (bicyclic) bond motifs is 1. The molecule has 1 atom stereocenters. The predicted molar refractivity (Wildman–Crippen MR) is 111 cm³/mol. The van der Waals surface area contributed by atoms with Gasteiger partial charge < -0.3 is 14.5 Å². The Morgan fingerprint density at radius 2 is 1.72 bits per heavy atom. The number of nitrogens with one attached hydrogen (secondary N) is 1. The van der Waals surface area contributed by atoms with E-state index in [1.165, 1.54) is 38.1 Å². The van der Waals surface area contributed by atoms with Gasteiger partial charge >= 0.3 is 12.1 Å². The molecule has 7 nitrogen and oxygen atoms in total. The van der Waals surface area contributed by atoms with Gasteiger partial charge in [0.15, 0.2) is 11.3 Å². The third kappa shape index (κ3) is 5.24. The van der Waals surface area contributed by atoms with Crippen LogP contribution in [0.4, 0.5) is 13.2 Å². The number of rotatable bonds is 4. The zero-order valence-electron chi connectivity index (χ0n) is 18.1. The van der Waals surface area contributed by atoms with Gasteiger partial charge in [-0.15, -0.1) is 0 Å². The lowest BCUT2D eigenvalue weighted by Crippen LogP contribution is -2.23. The number of alkyl halides is 3. The first kappa shape index (κ1) is 23.2. The lowest BCUT2D eigenvalue weighted by atomic mass is 10.1. The number of H-pyrrole nitrogens is 1. The molecular formula is C22H22F3N3O4. The summed E-state index contributed by atoms with van der Waals surface area (Å²) in [5.74, 6) is -0.142. The smallest absolute Gasteiger partial charge is 0.433 e. The summed E-state index contributed by atoms with van der Waals surface area (Å²) in [5.41, 5.74) is -2.77. The topological polar surface area (TPSA) is 94.2 Å². The second kappa shape index (κ2) is 8.25. The van der Waals surface area contributed by atoms with Gasteiger partial charge in [-0.1, -0.05) is 0 Å². The summed E-state index contributed by atoms with van der Waals surface area (Å²) in [5, 5.41) is -0.0747. The number of aromatic nitrogens is 3. The largest absolute Gasteiger partial charge is 0.486 e. The molecule has 0 unspecified atom stereocenters. The molecule has 0 aliphatic heterocycles. The van der Waals surface area contributed by atoms with Gasteiger partial charge in [-0.3, -0.25) is 4.79 Å². The Balaban J connectivity index is 1.93. The normalized spacial score (nSPS) is 13.1. The van der Waals surface area contributed by atoms with Gasteiger partial charge in [0.2, 0.25) is 0 Å². The standard InChI is InChI=1S/C22H22F3N3O4/c1-11(31-14-8-6-13(7-9-14)20(30)32-21(3,4)5)15-10-16-18(26-12(2)27-19(16)29)28-17(15)22(23,24)25/h6-11H,1-5H3,(H,26,27,28,29)/t11-/m0/s1. The number of esters is 1. The van der Waals surface area contributed by atoms with Crippen LogP contribution in [0.5, 0.6) is 5.75 Å². The van der Waals surface area contributed by atoms with E-state index in [2.05, 4.69) is 15.0 Å². The van der Waals surface area contributed by atoms with Crippen molar-refractivity contribution in [2.45, 2.75) is 52.5 Å². The molecule has 0 spiro atoms. The van der Waals surface area contributed by atoms with Crippen LogP contribution < -0.4 is 10.3 Å². The Morgan fingerprint density at radius 1 is 1.09 bits per heavy atom. The lowest BCUT2D eigenvalue weighted by molar-refractivity contribution is -0.142. The average Bonchev–Trinajstić information content (AvgIpc) is 2.65. The van der Waals surface area contributed by atoms with Crippen LogP contribution in [-0.4, -0.2) is 26.5 Å². The molecule has 170 valence electrons. The van der Waals surface area contributed by atoms with Gasteiger partial charge in [0.1, 0.15) is 23.3 Å². The summed E-state index contributed by atoms with van der Waals surface area (Å²) in [6.45, 7) is 8.08. The lowest BCUT2D eigenvalue weighted by Gasteiger charge is -2.20. The fourth-order valence-corrected chi connectivity index (χ4v) is 3.00. The van der Waals surface area contributed by atoms with Crippen molar-refractivity contribution >= 4 is 17.0 Å². The Bertz CT molecular complexity index is 1210. The SMILES string of the molecule is Cc1nc2nc(C(F)(F)F)c([C@H](C)Oc3ccc(C(=O)OC(C)(C)C)cc3)cc2c(=O)[nH]1. The van der Waals surface area contributed by atoms with Gasteiger partial charge in [-0.2, -0.15) is 13.2 Å². The summed E-state index contributed by atoms with van der Waals surface area (Å²) >= 11 is 0. The van der Waals surface area contributed by atoms with E-state index in [4.69, 9.17) is 9.47 Å². The van der Waals surface area contributed by atoms with Gasteiger partial charge in [0.25, 0.3) is 5.56 Å². The number of ether oxygens (including phenoxy) is 2. The van der Waals surface area contributed by atoms with E-state index in [0.717, 1.165) is 6.07 Å². The Labute approximate surface area is 181 Å². The van der Waals surface area contributed by atoms with Crippen molar-refractivity contribution in [3.05, 3.63) is 63.3 Å². The first-order valence-electron chi connectivity index (χ1n) is 9.73. The quantitative estimate of drug-likeness (QED) is 0.578. The van der Waals surface area contributed by atoms with Gasteiger partial charge in [0.05, 0.1) is 10.9 Å². The molecule has 0 saturated heterocycles. The molecule has 1 aromatic carbocycles. The van der Waals surface area contributed by atoms with Crippen LogP contribution >= 0.6 is 0 Å². The number of aryl methyl sites for hydroxylation is 1. The maximum absolute atomic E-state index is 13.7. The van der Waals surface area contributed by atoms with Crippen LogP contribution in [-0.2, 0) is 10.9 Å². The highest BCUT2D eigenvalue weighted by Gasteiger charge is 2.38. The Morgan fingerprint density at radius 3 is 2.28 bits per heavy atom. The van der Waals surface area contributed by atoms with Crippen molar-refractivity contribution in [2.24, 2.45) is 0 Å². The third-order valence-electron chi connectivity index (χ3n) is 4.35. The summed E-state index contributed by atoms with van der Waals surface area (Å²) in [7, 11) is 0. The van der Waals surface area contributed by atoms with E-state index in [0.29, 0.717) is 0 Å². The van der Waals surface area contributed by atoms with Crippen molar-refractivity contribution in [3.8, 4) is 5.75 Å². The molecule has 2 aromatic heterocycles. The van der Waals surface area contributed by atoms with Crippen molar-refractivity contribution in [1.29, 1.82) is 0 Å². The number of aromatic amines is 1. The van der Waals surface area contributed by atoms with Crippen molar-refractivity contribution in [3.63, 3.8) is 0 Å². The Kier molecular flexibility index (Phi) is 5.99. The van der Waals surface area contributed by atoms with E-state index in [1.807, 2.05) is 0 Å². The highest BCUT2D eigenvalue weighted by Crippen LogP contribution is 2.35. The Hall–Kier alpha value is -3.43. The minimum atomic E-state index is -4.78. The average molecular weight is 449 g/mol. The number of carbonyl (C=O) groups is 1. The van der Waals surface area contributed by atoms with Crippen LogP contribution in [0, 0.1) is 6.92 Å². The summed E-state index contributed by atoms with van der Waals surface area (Å²) in [6.07, 6.45) is -5.88. The number of halogens is 3. The predicted octanol–water partition coefficient (Wildman–Crippen LogP) is 4.74. The molecule has 1 N–H and O–H groups in total. The van der Waals surface area contributed by atoms with E-state index in [9.17, 15) is 22.8 Å². The molecule has 10 heteroatoms. The molecule has 0 radical (unpaired) electrons. The molecule has 3 aromatic rings. The van der Waals surface area contributed by atoms with E-state index in [-0.39, 0.29) is 33.7 Å². The van der Waals surface area contributed by atoms with Crippen LogP contribution in [0.15, 0.2) is 35.1 Å². The van der Waals surface area contributed by atoms with Crippen molar-refractivity contribution in [2.75, 3.05) is 0 Å². The number of hydrogen-bond acceptors (Lipinski definition) is 6. The van der Waals surface area contributed by atoms with Crippen LogP contribution in [0.2, 0.25) is 0 Å². The van der Waals surface area contributed by atoms with Crippen LogP contribution in [0.1, 0.15) is 61.2 Å². The fourth-order valence-electron chi connectivity index (χ4n) is 3.00. The first-order valence-corrected chi connectivity index (χ1v) is 9.73. The first-order chi connectivity index (χ1) is 14.7. The molecule has 0 amide bonds. The fraction of sp³-hybridized carbons (Fsp3) is 0.364. The number of pyridine rings is 1. The zero-order chi connectivity index (χ0) is 23.8. The molecule has 2 heterocycles. The van der Waals surface area contributed by atoms with Gasteiger partial charge in [-0.25, -0.2) is 14.8 Å². The molecule has 0 fully saturated rings. The molecular weight excluding hydrogens is 427 g/mol. The molecule has 0 saturated carbocycles. The minimum absolute atomic E-state index is 0.0747. The van der Waals surface area contributed by atoms with Gasteiger partial charge in [0, 0.05) is 5.56 Å². The maximum Gasteiger partial charge on any atom is 0.433 e. The van der Waals surface area contributed by atoms with E-state index in [1.54, 1.807) is 20.8 Å². The number of benzene rings is 1. The molecule has 3 rings (SSSR count). The minimum Gasteiger partial charge on any atom is -0.486 e. The highest BCUT2D eigenvalue weighted by atomic mass is 19.4. The van der Waals surface area contributed by atoms with E-state index < -0.39 is 35.1 Å². The summed E-state index contributed by atoms with van der Waals surface area (Å²) < 4.78 is 51.9. The molecule has 0 bridgehead atoms. The highest BCUT2D eigenvalue weighted by molar-refractivity contribution is 5.89. The maximum atomic E-state index is 13.7. The number of hydrogen-bond donors (Lipinski definition) is 1. The third-order valence-corrected chi connectivity index (χ3v) is 4.35. The van der Waals surface area contributed by atoms with Gasteiger partial charge in [-0.05, 0) is 65.0 Å². The zero-order valence-corrected chi connectivity index (χ0v) is 18.1. The van der Waals surface area contributed by atoms with Crippen LogP contribution in [0.25, 0.3) is 11.0 Å². The second-order valence-electron chi connectivity index (χ2n) is 8.23. The van der Waals surface area contributed by atoms with Crippen molar-refractivity contribution < 1.29 is 27.4 Å². The molecule has 32 heavy (non-hydrogen) atoms. The second-order valence-corrected chi connectivity index (χ2v) is 8.23. The number of nitrogens with zero attached hydrogens (tertiary/aromatic N) is 2. The van der Waals surface area contributed by atoms with E-state index >= 15 is 0 Å².